The number of aromatic nitrogens is 1. The quantitative estimate of drug-likeness (QED) is 0.512. The summed E-state index contributed by atoms with van der Waals surface area (Å²) in [5.74, 6) is 0. The second kappa shape index (κ2) is 6.27. The fourth-order valence-corrected chi connectivity index (χ4v) is 2.67. The van der Waals surface area contributed by atoms with E-state index in [1.165, 1.54) is 10.9 Å². The van der Waals surface area contributed by atoms with Crippen molar-refractivity contribution < 1.29 is 0 Å². The first-order chi connectivity index (χ1) is 10.4. The van der Waals surface area contributed by atoms with E-state index < -0.39 is 0 Å². The van der Waals surface area contributed by atoms with Crippen LogP contribution in [0, 0.1) is 0 Å². The Bertz CT molecular complexity index is 678. The Hall–Kier alpha value is -2.55. The van der Waals surface area contributed by atoms with Crippen molar-refractivity contribution in [3.63, 3.8) is 0 Å². The molecule has 0 spiro atoms. The molecule has 0 amide bonds. The van der Waals surface area contributed by atoms with Crippen molar-refractivity contribution in [3.8, 4) is 0 Å². The van der Waals surface area contributed by atoms with Gasteiger partial charge in [-0.15, -0.1) is 0 Å². The van der Waals surface area contributed by atoms with Gasteiger partial charge in [0.15, 0.2) is 0 Å². The molecule has 21 heavy (non-hydrogen) atoms. The maximum Gasteiger partial charge on any atom is 0.327 e. The predicted octanol–water partition coefficient (Wildman–Crippen LogP) is 2.19. The first-order valence-corrected chi connectivity index (χ1v) is 7.09. The van der Waals surface area contributed by atoms with Crippen LogP contribution in [0.4, 0.5) is 0 Å². The van der Waals surface area contributed by atoms with Gasteiger partial charge in [0.25, 0.3) is 0 Å². The predicted molar refractivity (Wildman–Crippen MR) is 91.3 cm³/mol. The van der Waals surface area contributed by atoms with Crippen molar-refractivity contribution in [2.24, 2.45) is 4.99 Å². The summed E-state index contributed by atoms with van der Waals surface area (Å²) in [7, 11) is 1.80. The molecule has 0 fully saturated rings. The smallest absolute Gasteiger partial charge is 0.327 e. The number of hydrogen-bond acceptors (Lipinski definition) is 1. The maximum atomic E-state index is 4.16. The van der Waals surface area contributed by atoms with Gasteiger partial charge in [-0.25, -0.2) is 0 Å². The summed E-state index contributed by atoms with van der Waals surface area (Å²) in [4.78, 5) is 4.16. The molecule has 1 aromatic heterocycles. The SMILES string of the molecule is CN=Cc1cccn1B(c1ccccc1)c1ccccc1. The van der Waals surface area contributed by atoms with Crippen molar-refractivity contribution >= 4 is 24.0 Å². The van der Waals surface area contributed by atoms with Crippen LogP contribution in [-0.2, 0) is 0 Å². The van der Waals surface area contributed by atoms with Gasteiger partial charge in [-0.1, -0.05) is 71.6 Å². The lowest BCUT2D eigenvalue weighted by Crippen LogP contribution is -2.49. The lowest BCUT2D eigenvalue weighted by molar-refractivity contribution is 1.20. The third kappa shape index (κ3) is 2.82. The Labute approximate surface area is 125 Å². The fraction of sp³-hybridized carbons (Fsp3) is 0.0556. The van der Waals surface area contributed by atoms with Gasteiger partial charge in [0.2, 0.25) is 0 Å². The summed E-state index contributed by atoms with van der Waals surface area (Å²) in [6, 6.07) is 25.3. The minimum absolute atomic E-state index is 0.162. The van der Waals surface area contributed by atoms with Gasteiger partial charge in [0.1, 0.15) is 0 Å². The number of aliphatic imine (C=N–C) groups is 1. The molecule has 0 saturated carbocycles. The van der Waals surface area contributed by atoms with E-state index in [1.54, 1.807) is 7.05 Å². The monoisotopic (exact) mass is 272 g/mol. The van der Waals surface area contributed by atoms with Crippen LogP contribution in [-0.4, -0.2) is 24.6 Å². The molecule has 0 unspecified atom stereocenters. The van der Waals surface area contributed by atoms with Gasteiger partial charge in [-0.05, 0) is 18.3 Å². The lowest BCUT2D eigenvalue weighted by Gasteiger charge is -2.18. The fourth-order valence-electron chi connectivity index (χ4n) is 2.67. The molecule has 2 aromatic carbocycles. The van der Waals surface area contributed by atoms with Crippen molar-refractivity contribution in [2.45, 2.75) is 0 Å². The summed E-state index contributed by atoms with van der Waals surface area (Å²) in [5.41, 5.74) is 3.64. The molecule has 102 valence electrons. The van der Waals surface area contributed by atoms with Crippen LogP contribution in [0.15, 0.2) is 84.0 Å². The molecule has 0 aliphatic heterocycles. The van der Waals surface area contributed by atoms with Crippen LogP contribution in [0.1, 0.15) is 5.69 Å². The highest BCUT2D eigenvalue weighted by Crippen LogP contribution is 2.03. The first kappa shape index (κ1) is 13.4. The largest absolute Gasteiger partial charge is 0.382 e. The summed E-state index contributed by atoms with van der Waals surface area (Å²) >= 11 is 0. The second-order valence-electron chi connectivity index (χ2n) is 4.95. The Balaban J connectivity index is 2.15. The van der Waals surface area contributed by atoms with Gasteiger partial charge in [0, 0.05) is 19.0 Å². The zero-order chi connectivity index (χ0) is 14.5. The van der Waals surface area contributed by atoms with E-state index in [2.05, 4.69) is 88.5 Å². The van der Waals surface area contributed by atoms with Crippen molar-refractivity contribution in [2.75, 3.05) is 7.05 Å². The topological polar surface area (TPSA) is 17.3 Å². The number of rotatable bonds is 4. The third-order valence-corrected chi connectivity index (χ3v) is 3.58. The van der Waals surface area contributed by atoms with E-state index in [0.29, 0.717) is 0 Å². The van der Waals surface area contributed by atoms with Crippen molar-refractivity contribution in [1.29, 1.82) is 0 Å². The molecule has 0 bridgehead atoms. The van der Waals surface area contributed by atoms with E-state index in [0.717, 1.165) is 5.69 Å². The molecule has 0 N–H and O–H groups in total. The summed E-state index contributed by atoms with van der Waals surface area (Å²) in [5, 5.41) is 0. The van der Waals surface area contributed by atoms with Crippen LogP contribution in [0.5, 0.6) is 0 Å². The first-order valence-electron chi connectivity index (χ1n) is 7.09. The van der Waals surface area contributed by atoms with Crippen LogP contribution in [0.2, 0.25) is 0 Å². The van der Waals surface area contributed by atoms with Crippen LogP contribution in [0.25, 0.3) is 0 Å². The Morgan fingerprint density at radius 3 is 1.90 bits per heavy atom. The lowest BCUT2D eigenvalue weighted by atomic mass is 9.50. The molecule has 0 saturated heterocycles. The van der Waals surface area contributed by atoms with Gasteiger partial charge < -0.3 is 4.48 Å². The maximum absolute atomic E-state index is 4.16. The van der Waals surface area contributed by atoms with E-state index >= 15 is 0 Å². The highest BCUT2D eigenvalue weighted by atomic mass is 14.9. The molecular weight excluding hydrogens is 255 g/mol. The molecule has 3 heteroatoms. The van der Waals surface area contributed by atoms with Gasteiger partial charge >= 0.3 is 6.85 Å². The molecule has 0 aliphatic carbocycles. The highest BCUT2D eigenvalue weighted by Gasteiger charge is 2.22. The second-order valence-corrected chi connectivity index (χ2v) is 4.95. The third-order valence-electron chi connectivity index (χ3n) is 3.58. The zero-order valence-corrected chi connectivity index (χ0v) is 12.1. The van der Waals surface area contributed by atoms with E-state index in [9.17, 15) is 0 Å². The number of benzene rings is 2. The van der Waals surface area contributed by atoms with Crippen molar-refractivity contribution in [3.05, 3.63) is 84.7 Å². The molecule has 2 nitrogen and oxygen atoms in total. The number of hydrogen-bond donors (Lipinski definition) is 0. The summed E-state index contributed by atoms with van der Waals surface area (Å²) in [6.07, 6.45) is 4.01. The Kier molecular flexibility index (Phi) is 4.01. The number of nitrogens with zero attached hydrogens (tertiary/aromatic N) is 2. The van der Waals surface area contributed by atoms with E-state index in [-0.39, 0.29) is 6.85 Å². The minimum atomic E-state index is 0.162. The van der Waals surface area contributed by atoms with Crippen molar-refractivity contribution in [1.82, 2.24) is 4.48 Å². The summed E-state index contributed by atoms with van der Waals surface area (Å²) in [6.45, 7) is 0.162. The van der Waals surface area contributed by atoms with E-state index in [4.69, 9.17) is 0 Å². The minimum Gasteiger partial charge on any atom is -0.382 e. The molecule has 0 atom stereocenters. The molecule has 0 radical (unpaired) electrons. The van der Waals surface area contributed by atoms with Crippen LogP contribution < -0.4 is 10.9 Å². The molecule has 1 heterocycles. The molecule has 3 rings (SSSR count). The van der Waals surface area contributed by atoms with Gasteiger partial charge in [0.05, 0.1) is 0 Å². The average Bonchev–Trinajstić information content (AvgIpc) is 2.98. The highest BCUT2D eigenvalue weighted by molar-refractivity contribution is 6.84. The van der Waals surface area contributed by atoms with Gasteiger partial charge in [-0.3, -0.25) is 4.99 Å². The van der Waals surface area contributed by atoms with E-state index in [1.807, 2.05) is 6.21 Å². The Morgan fingerprint density at radius 1 is 0.810 bits per heavy atom. The summed E-state index contributed by atoms with van der Waals surface area (Å²) < 4.78 is 2.26. The average molecular weight is 272 g/mol. The van der Waals surface area contributed by atoms with Crippen LogP contribution in [0.3, 0.4) is 0 Å². The molecule has 0 aliphatic rings. The van der Waals surface area contributed by atoms with Gasteiger partial charge in [-0.2, -0.15) is 0 Å². The van der Waals surface area contributed by atoms with Crippen LogP contribution >= 0.6 is 0 Å². The zero-order valence-electron chi connectivity index (χ0n) is 12.1. The standard InChI is InChI=1S/C18H17BN2/c1-20-15-18-13-8-14-21(18)19(16-9-4-2-5-10-16)17-11-6-3-7-12-17/h2-15H,1H3. The Morgan fingerprint density at radius 2 is 1.38 bits per heavy atom. The molecule has 3 aromatic rings. The normalized spacial score (nSPS) is 10.9. The molecular formula is C18H17BN2.